The number of carbonyl (C=O) groups is 1. The van der Waals surface area contributed by atoms with E-state index in [0.717, 1.165) is 4.47 Å². The van der Waals surface area contributed by atoms with E-state index < -0.39 is 0 Å². The van der Waals surface area contributed by atoms with Crippen molar-refractivity contribution in [2.24, 2.45) is 0 Å². The van der Waals surface area contributed by atoms with Gasteiger partial charge in [0.15, 0.2) is 0 Å². The molecule has 2 aromatic rings. The predicted octanol–water partition coefficient (Wildman–Crippen LogP) is 4.07. The molecule has 0 saturated carbocycles. The molecule has 0 aliphatic rings. The van der Waals surface area contributed by atoms with Crippen molar-refractivity contribution in [2.75, 3.05) is 12.4 Å². The molecule has 0 aliphatic heterocycles. The van der Waals surface area contributed by atoms with Crippen LogP contribution < -0.4 is 10.1 Å². The van der Waals surface area contributed by atoms with Gasteiger partial charge < -0.3 is 15.2 Å². The maximum absolute atomic E-state index is 12.1. The van der Waals surface area contributed by atoms with E-state index in [4.69, 9.17) is 16.3 Å². The lowest BCUT2D eigenvalue weighted by Gasteiger charge is -2.11. The van der Waals surface area contributed by atoms with Gasteiger partial charge in [-0.25, -0.2) is 0 Å². The van der Waals surface area contributed by atoms with Crippen LogP contribution in [0.4, 0.5) is 5.69 Å². The van der Waals surface area contributed by atoms with E-state index in [9.17, 15) is 9.90 Å². The number of halogens is 2. The van der Waals surface area contributed by atoms with Crippen molar-refractivity contribution >= 4 is 39.1 Å². The van der Waals surface area contributed by atoms with E-state index in [2.05, 4.69) is 21.2 Å². The van der Waals surface area contributed by atoms with E-state index in [1.807, 2.05) is 6.07 Å². The molecule has 6 heteroatoms. The zero-order valence-corrected chi connectivity index (χ0v) is 12.8. The Labute approximate surface area is 129 Å². The van der Waals surface area contributed by atoms with Crippen molar-refractivity contribution in [2.45, 2.75) is 0 Å². The lowest BCUT2D eigenvalue weighted by molar-refractivity contribution is 0.102. The summed E-state index contributed by atoms with van der Waals surface area (Å²) in [4.78, 5) is 12.1. The molecule has 0 spiro atoms. The minimum Gasteiger partial charge on any atom is -0.506 e. The average Bonchev–Trinajstić information content (AvgIpc) is 2.42. The maximum atomic E-state index is 12.1. The molecule has 0 bridgehead atoms. The number of anilines is 1. The van der Waals surface area contributed by atoms with Gasteiger partial charge in [0, 0.05) is 10.0 Å². The summed E-state index contributed by atoms with van der Waals surface area (Å²) in [6.07, 6.45) is 0. The number of ether oxygens (including phenoxy) is 1. The minimum atomic E-state index is -0.344. The van der Waals surface area contributed by atoms with Crippen LogP contribution in [0.15, 0.2) is 40.9 Å². The molecule has 0 radical (unpaired) electrons. The summed E-state index contributed by atoms with van der Waals surface area (Å²) in [5.41, 5.74) is 0.880. The summed E-state index contributed by atoms with van der Waals surface area (Å²) in [7, 11) is 1.52. The zero-order chi connectivity index (χ0) is 14.7. The van der Waals surface area contributed by atoms with Crippen molar-refractivity contribution in [3.63, 3.8) is 0 Å². The van der Waals surface area contributed by atoms with Gasteiger partial charge in [-0.3, -0.25) is 4.79 Å². The summed E-state index contributed by atoms with van der Waals surface area (Å²) < 4.78 is 6.00. The second-order valence-electron chi connectivity index (χ2n) is 3.96. The van der Waals surface area contributed by atoms with Gasteiger partial charge in [-0.05, 0) is 36.4 Å². The van der Waals surface area contributed by atoms with Gasteiger partial charge in [-0.15, -0.1) is 0 Å². The van der Waals surface area contributed by atoms with Crippen LogP contribution in [0.5, 0.6) is 11.5 Å². The van der Waals surface area contributed by atoms with Gasteiger partial charge in [0.2, 0.25) is 0 Å². The standard InChI is InChI=1S/C14H11BrClNO3/c1-20-13-5-3-9(15)7-11(13)17-14(19)8-2-4-12(18)10(16)6-8/h2-7,18H,1H3,(H,17,19). The Bertz CT molecular complexity index is 661. The molecule has 0 unspecified atom stereocenters. The molecule has 0 aromatic heterocycles. The second-order valence-corrected chi connectivity index (χ2v) is 5.29. The smallest absolute Gasteiger partial charge is 0.255 e. The molecule has 0 atom stereocenters. The van der Waals surface area contributed by atoms with E-state index >= 15 is 0 Å². The number of methoxy groups -OCH3 is 1. The van der Waals surface area contributed by atoms with Crippen molar-refractivity contribution in [3.8, 4) is 11.5 Å². The van der Waals surface area contributed by atoms with Crippen LogP contribution in [0.3, 0.4) is 0 Å². The Morgan fingerprint density at radius 1 is 1.30 bits per heavy atom. The molecule has 104 valence electrons. The average molecular weight is 357 g/mol. The predicted molar refractivity (Wildman–Crippen MR) is 81.8 cm³/mol. The van der Waals surface area contributed by atoms with Gasteiger partial charge in [-0.2, -0.15) is 0 Å². The molecule has 0 heterocycles. The van der Waals surface area contributed by atoms with Crippen molar-refractivity contribution in [1.82, 2.24) is 0 Å². The van der Waals surface area contributed by atoms with E-state index in [0.29, 0.717) is 17.0 Å². The fraction of sp³-hybridized carbons (Fsp3) is 0.0714. The Morgan fingerprint density at radius 3 is 2.70 bits per heavy atom. The molecule has 20 heavy (non-hydrogen) atoms. The topological polar surface area (TPSA) is 58.6 Å². The molecule has 0 fully saturated rings. The molecular formula is C14H11BrClNO3. The van der Waals surface area contributed by atoms with E-state index in [1.54, 1.807) is 12.1 Å². The number of nitrogens with one attached hydrogen (secondary N) is 1. The number of aromatic hydroxyl groups is 1. The number of hydrogen-bond donors (Lipinski definition) is 2. The first kappa shape index (κ1) is 14.7. The normalized spacial score (nSPS) is 10.2. The molecular weight excluding hydrogens is 346 g/mol. The summed E-state index contributed by atoms with van der Waals surface area (Å²) in [6, 6.07) is 9.54. The summed E-state index contributed by atoms with van der Waals surface area (Å²) >= 11 is 9.11. The maximum Gasteiger partial charge on any atom is 0.255 e. The van der Waals surface area contributed by atoms with Crippen LogP contribution in [0.1, 0.15) is 10.4 Å². The monoisotopic (exact) mass is 355 g/mol. The molecule has 1 amide bonds. The van der Waals surface area contributed by atoms with E-state index in [1.165, 1.54) is 25.3 Å². The largest absolute Gasteiger partial charge is 0.506 e. The van der Waals surface area contributed by atoms with Crippen molar-refractivity contribution in [3.05, 3.63) is 51.5 Å². The first-order chi connectivity index (χ1) is 9.51. The number of amides is 1. The number of carbonyl (C=O) groups excluding carboxylic acids is 1. The van der Waals surface area contributed by atoms with Crippen LogP contribution in [0.25, 0.3) is 0 Å². The number of phenolic OH excluding ortho intramolecular Hbond substituents is 1. The second kappa shape index (κ2) is 6.15. The third-order valence-corrected chi connectivity index (χ3v) is 3.42. The molecule has 0 aliphatic carbocycles. The van der Waals surface area contributed by atoms with Gasteiger partial charge in [-0.1, -0.05) is 27.5 Å². The van der Waals surface area contributed by atoms with E-state index in [-0.39, 0.29) is 16.7 Å². The first-order valence-electron chi connectivity index (χ1n) is 5.64. The van der Waals surface area contributed by atoms with Crippen LogP contribution >= 0.6 is 27.5 Å². The van der Waals surface area contributed by atoms with Crippen LogP contribution in [0.2, 0.25) is 5.02 Å². The third-order valence-electron chi connectivity index (χ3n) is 2.62. The summed E-state index contributed by atoms with van der Waals surface area (Å²) in [5, 5.41) is 12.2. The van der Waals surface area contributed by atoms with Crippen LogP contribution in [-0.4, -0.2) is 18.1 Å². The molecule has 0 saturated heterocycles. The molecule has 4 nitrogen and oxygen atoms in total. The third kappa shape index (κ3) is 3.23. The number of benzene rings is 2. The minimum absolute atomic E-state index is 0.0664. The van der Waals surface area contributed by atoms with Gasteiger partial charge >= 0.3 is 0 Å². The highest BCUT2D eigenvalue weighted by molar-refractivity contribution is 9.10. The van der Waals surface area contributed by atoms with Crippen LogP contribution in [-0.2, 0) is 0 Å². The molecule has 2 N–H and O–H groups in total. The highest BCUT2D eigenvalue weighted by atomic mass is 79.9. The highest BCUT2D eigenvalue weighted by Crippen LogP contribution is 2.29. The Kier molecular flexibility index (Phi) is 4.52. The SMILES string of the molecule is COc1ccc(Br)cc1NC(=O)c1ccc(O)c(Cl)c1. The molecule has 2 aromatic carbocycles. The fourth-order valence-corrected chi connectivity index (χ4v) is 2.16. The van der Waals surface area contributed by atoms with Crippen molar-refractivity contribution in [1.29, 1.82) is 0 Å². The number of rotatable bonds is 3. The Hall–Kier alpha value is -1.72. The highest BCUT2D eigenvalue weighted by Gasteiger charge is 2.11. The molecule has 2 rings (SSSR count). The number of phenols is 1. The van der Waals surface area contributed by atoms with Gasteiger partial charge in [0.05, 0.1) is 17.8 Å². The zero-order valence-electron chi connectivity index (χ0n) is 10.5. The Balaban J connectivity index is 2.27. The fourth-order valence-electron chi connectivity index (χ4n) is 1.62. The van der Waals surface area contributed by atoms with Gasteiger partial charge in [0.25, 0.3) is 5.91 Å². The quantitative estimate of drug-likeness (QED) is 0.871. The van der Waals surface area contributed by atoms with Crippen molar-refractivity contribution < 1.29 is 14.6 Å². The Morgan fingerprint density at radius 2 is 2.05 bits per heavy atom. The number of hydrogen-bond acceptors (Lipinski definition) is 3. The first-order valence-corrected chi connectivity index (χ1v) is 6.82. The lowest BCUT2D eigenvalue weighted by atomic mass is 10.2. The summed E-state index contributed by atoms with van der Waals surface area (Å²) in [5.74, 6) is 0.137. The van der Waals surface area contributed by atoms with Gasteiger partial charge in [0.1, 0.15) is 11.5 Å². The summed E-state index contributed by atoms with van der Waals surface area (Å²) in [6.45, 7) is 0. The van der Waals surface area contributed by atoms with Crippen LogP contribution in [0, 0.1) is 0 Å². The lowest BCUT2D eigenvalue weighted by Crippen LogP contribution is -2.12.